The molecule has 2 aliphatic rings. The highest BCUT2D eigenvalue weighted by Crippen LogP contribution is 2.47. The molecule has 3 aromatic carbocycles. The number of amides is 1. The summed E-state index contributed by atoms with van der Waals surface area (Å²) in [4.78, 5) is 12.7. The average molecular weight is 553 g/mol. The largest absolute Gasteiger partial charge is 0.497 e. The predicted molar refractivity (Wildman–Crippen MR) is 146 cm³/mol. The quantitative estimate of drug-likeness (QED) is 0.353. The SMILES string of the molecule is COc1cccc(S(=O)(=O)Nc2ccc3c(c2)[C@@H]2C[C@@H](CC(=O)NCCc4ccccc4)O[C@H](CO)[C@@H]2O3)c1. The zero-order chi connectivity index (χ0) is 27.4. The number of sulfonamides is 1. The summed E-state index contributed by atoms with van der Waals surface area (Å²) in [6.45, 7) is 0.268. The number of ether oxygens (including phenoxy) is 3. The lowest BCUT2D eigenvalue weighted by Crippen LogP contribution is -2.47. The van der Waals surface area contributed by atoms with Crippen LogP contribution in [0.4, 0.5) is 5.69 Å². The highest BCUT2D eigenvalue weighted by Gasteiger charge is 2.46. The third-order valence-electron chi connectivity index (χ3n) is 7.09. The molecule has 9 nitrogen and oxygen atoms in total. The number of hydrogen-bond donors (Lipinski definition) is 3. The smallest absolute Gasteiger partial charge is 0.262 e. The van der Waals surface area contributed by atoms with Crippen LogP contribution in [0.2, 0.25) is 0 Å². The second kappa shape index (κ2) is 11.6. The third-order valence-corrected chi connectivity index (χ3v) is 8.47. The summed E-state index contributed by atoms with van der Waals surface area (Å²) < 4.78 is 45.9. The molecule has 3 N–H and O–H groups in total. The molecule has 39 heavy (non-hydrogen) atoms. The third kappa shape index (κ3) is 6.19. The molecule has 1 amide bonds. The van der Waals surface area contributed by atoms with Gasteiger partial charge in [0.1, 0.15) is 23.7 Å². The number of benzene rings is 3. The van der Waals surface area contributed by atoms with Crippen molar-refractivity contribution in [2.24, 2.45) is 0 Å². The lowest BCUT2D eigenvalue weighted by atomic mass is 9.84. The first-order valence-electron chi connectivity index (χ1n) is 12.9. The Labute approximate surface area is 228 Å². The van der Waals surface area contributed by atoms with Crippen LogP contribution in [0.3, 0.4) is 0 Å². The van der Waals surface area contributed by atoms with E-state index in [0.717, 1.165) is 17.5 Å². The number of methoxy groups -OCH3 is 1. The zero-order valence-corrected chi connectivity index (χ0v) is 22.4. The normalized spacial score (nSPS) is 21.8. The molecule has 1 fully saturated rings. The summed E-state index contributed by atoms with van der Waals surface area (Å²) in [5.41, 5.74) is 2.36. The van der Waals surface area contributed by atoms with Crippen LogP contribution in [0.25, 0.3) is 0 Å². The molecule has 0 aromatic heterocycles. The van der Waals surface area contributed by atoms with Gasteiger partial charge in [-0.1, -0.05) is 36.4 Å². The van der Waals surface area contributed by atoms with Gasteiger partial charge in [0.05, 0.1) is 31.1 Å². The molecule has 0 radical (unpaired) electrons. The van der Waals surface area contributed by atoms with Gasteiger partial charge in [0.2, 0.25) is 5.91 Å². The number of aliphatic hydroxyl groups excluding tert-OH is 1. The minimum absolute atomic E-state index is 0.0845. The maximum atomic E-state index is 13.0. The fourth-order valence-electron chi connectivity index (χ4n) is 5.20. The van der Waals surface area contributed by atoms with Crippen molar-refractivity contribution >= 4 is 21.6 Å². The topological polar surface area (TPSA) is 123 Å². The van der Waals surface area contributed by atoms with E-state index in [1.165, 1.54) is 19.2 Å². The Bertz CT molecular complexity index is 1410. The molecule has 0 saturated carbocycles. The fourth-order valence-corrected chi connectivity index (χ4v) is 6.29. The van der Waals surface area contributed by atoms with E-state index in [4.69, 9.17) is 14.2 Å². The Hall–Kier alpha value is -3.60. The Morgan fingerprint density at radius 2 is 1.90 bits per heavy atom. The van der Waals surface area contributed by atoms with Gasteiger partial charge in [0.15, 0.2) is 0 Å². The van der Waals surface area contributed by atoms with Crippen LogP contribution in [-0.4, -0.2) is 58.0 Å². The molecule has 0 aliphatic carbocycles. The van der Waals surface area contributed by atoms with E-state index >= 15 is 0 Å². The number of fused-ring (bicyclic) bond motifs is 3. The molecule has 4 atom stereocenters. The first kappa shape index (κ1) is 27.0. The van der Waals surface area contributed by atoms with Gasteiger partial charge in [0, 0.05) is 29.8 Å². The highest BCUT2D eigenvalue weighted by molar-refractivity contribution is 7.92. The van der Waals surface area contributed by atoms with Crippen molar-refractivity contribution in [2.45, 2.75) is 48.4 Å². The predicted octanol–water partition coefficient (Wildman–Crippen LogP) is 3.24. The van der Waals surface area contributed by atoms with Crippen molar-refractivity contribution in [3.63, 3.8) is 0 Å². The second-order valence-electron chi connectivity index (χ2n) is 9.73. The van der Waals surface area contributed by atoms with Gasteiger partial charge >= 0.3 is 0 Å². The van der Waals surface area contributed by atoms with Crippen LogP contribution in [0, 0.1) is 0 Å². The highest BCUT2D eigenvalue weighted by atomic mass is 32.2. The fraction of sp³-hybridized carbons (Fsp3) is 0.345. The number of rotatable bonds is 10. The lowest BCUT2D eigenvalue weighted by Gasteiger charge is -2.37. The summed E-state index contributed by atoms with van der Waals surface area (Å²) in [7, 11) is -2.37. The van der Waals surface area contributed by atoms with Gasteiger partial charge < -0.3 is 24.6 Å². The minimum atomic E-state index is -3.85. The standard InChI is InChI=1S/C29H32N2O7S/c1-36-21-8-5-9-23(15-21)39(34,35)31-20-10-11-26-24(14-20)25-16-22(37-27(18-32)29(25)38-26)17-28(33)30-13-12-19-6-3-2-4-7-19/h2-11,14-15,22,25,27,29,31-32H,12-13,16-18H2,1H3,(H,30,33)/t22-,25-,27+,29+/m0/s1. The van der Waals surface area contributed by atoms with Crippen molar-refractivity contribution in [2.75, 3.05) is 25.0 Å². The Morgan fingerprint density at radius 1 is 1.08 bits per heavy atom. The van der Waals surface area contributed by atoms with E-state index in [1.54, 1.807) is 30.3 Å². The van der Waals surface area contributed by atoms with E-state index < -0.39 is 28.3 Å². The lowest BCUT2D eigenvalue weighted by molar-refractivity contribution is -0.142. The first-order chi connectivity index (χ1) is 18.9. The molecule has 2 heterocycles. The van der Waals surface area contributed by atoms with Crippen molar-refractivity contribution in [3.05, 3.63) is 83.9 Å². The molecule has 5 rings (SSSR count). The molecule has 10 heteroatoms. The number of carbonyl (C=O) groups excluding carboxylic acids is 1. The average Bonchev–Trinajstić information content (AvgIpc) is 3.31. The Kier molecular flexibility index (Phi) is 8.06. The van der Waals surface area contributed by atoms with Crippen molar-refractivity contribution < 1.29 is 32.5 Å². The van der Waals surface area contributed by atoms with Crippen molar-refractivity contribution in [1.82, 2.24) is 5.32 Å². The van der Waals surface area contributed by atoms with Gasteiger partial charge in [-0.05, 0) is 48.7 Å². The number of hydrogen-bond acceptors (Lipinski definition) is 7. The molecule has 0 unspecified atom stereocenters. The van der Waals surface area contributed by atoms with Gasteiger partial charge in [-0.25, -0.2) is 8.42 Å². The molecule has 3 aromatic rings. The zero-order valence-electron chi connectivity index (χ0n) is 21.6. The Balaban J connectivity index is 1.26. The van der Waals surface area contributed by atoms with E-state index in [1.807, 2.05) is 30.3 Å². The van der Waals surface area contributed by atoms with Gasteiger partial charge in [0.25, 0.3) is 10.0 Å². The van der Waals surface area contributed by atoms with Crippen LogP contribution in [-0.2, 0) is 26.0 Å². The van der Waals surface area contributed by atoms with E-state index in [-0.39, 0.29) is 29.7 Å². The number of nitrogens with one attached hydrogen (secondary N) is 2. The van der Waals surface area contributed by atoms with E-state index in [2.05, 4.69) is 10.0 Å². The number of carbonyl (C=O) groups is 1. The van der Waals surface area contributed by atoms with Crippen LogP contribution in [0.15, 0.2) is 77.7 Å². The number of anilines is 1. The summed E-state index contributed by atoms with van der Waals surface area (Å²) in [6, 6.07) is 21.3. The summed E-state index contributed by atoms with van der Waals surface area (Å²) in [5, 5.41) is 13.0. The first-order valence-corrected chi connectivity index (χ1v) is 14.4. The molecular weight excluding hydrogens is 520 g/mol. The monoisotopic (exact) mass is 552 g/mol. The molecule has 206 valence electrons. The molecule has 0 spiro atoms. The summed E-state index contributed by atoms with van der Waals surface area (Å²) in [5.74, 6) is 0.777. The molecule has 2 aliphatic heterocycles. The van der Waals surface area contributed by atoms with Crippen LogP contribution < -0.4 is 19.5 Å². The van der Waals surface area contributed by atoms with Crippen LogP contribution in [0.1, 0.15) is 29.9 Å². The maximum absolute atomic E-state index is 13.0. The van der Waals surface area contributed by atoms with Crippen molar-refractivity contribution in [1.29, 1.82) is 0 Å². The number of aliphatic hydroxyl groups is 1. The van der Waals surface area contributed by atoms with Gasteiger partial charge in [-0.2, -0.15) is 0 Å². The van der Waals surface area contributed by atoms with Gasteiger partial charge in [-0.15, -0.1) is 0 Å². The molecular formula is C29H32N2O7S. The van der Waals surface area contributed by atoms with E-state index in [9.17, 15) is 18.3 Å². The minimum Gasteiger partial charge on any atom is -0.497 e. The summed E-state index contributed by atoms with van der Waals surface area (Å²) in [6.07, 6.45) is -0.0366. The second-order valence-corrected chi connectivity index (χ2v) is 11.4. The molecule has 0 bridgehead atoms. The van der Waals surface area contributed by atoms with E-state index in [0.29, 0.717) is 30.2 Å². The molecule has 1 saturated heterocycles. The van der Waals surface area contributed by atoms with Crippen LogP contribution >= 0.6 is 0 Å². The summed E-state index contributed by atoms with van der Waals surface area (Å²) >= 11 is 0. The van der Waals surface area contributed by atoms with Gasteiger partial charge in [-0.3, -0.25) is 9.52 Å². The van der Waals surface area contributed by atoms with Crippen molar-refractivity contribution in [3.8, 4) is 11.5 Å². The van der Waals surface area contributed by atoms with Crippen LogP contribution in [0.5, 0.6) is 11.5 Å². The maximum Gasteiger partial charge on any atom is 0.262 e. The Morgan fingerprint density at radius 3 is 2.67 bits per heavy atom.